The van der Waals surface area contributed by atoms with Gasteiger partial charge in [0.2, 0.25) is 5.91 Å². The van der Waals surface area contributed by atoms with Gasteiger partial charge in [-0.05, 0) is 57.1 Å². The second-order valence-electron chi connectivity index (χ2n) is 7.66. The highest BCUT2D eigenvalue weighted by atomic mass is 16.5. The molecule has 6 heteroatoms. The van der Waals surface area contributed by atoms with Gasteiger partial charge in [-0.3, -0.25) is 9.59 Å². The lowest BCUT2D eigenvalue weighted by Gasteiger charge is -2.25. The van der Waals surface area contributed by atoms with Crippen molar-refractivity contribution in [3.63, 3.8) is 0 Å². The van der Waals surface area contributed by atoms with Crippen molar-refractivity contribution >= 4 is 11.9 Å². The van der Waals surface area contributed by atoms with Gasteiger partial charge in [0.15, 0.2) is 0 Å². The highest BCUT2D eigenvalue weighted by Crippen LogP contribution is 2.29. The highest BCUT2D eigenvalue weighted by molar-refractivity contribution is 5.79. The van der Waals surface area contributed by atoms with Gasteiger partial charge in [0.25, 0.3) is 0 Å². The first-order valence-electron chi connectivity index (χ1n) is 9.87. The summed E-state index contributed by atoms with van der Waals surface area (Å²) in [6.45, 7) is 3.76. The number of carbonyl (C=O) groups is 2. The van der Waals surface area contributed by atoms with Gasteiger partial charge in [-0.15, -0.1) is 0 Å². The van der Waals surface area contributed by atoms with E-state index >= 15 is 0 Å². The summed E-state index contributed by atoms with van der Waals surface area (Å²) in [4.78, 5) is 23.5. The van der Waals surface area contributed by atoms with E-state index in [4.69, 9.17) is 14.6 Å². The van der Waals surface area contributed by atoms with E-state index in [1.165, 1.54) is 0 Å². The Labute approximate surface area is 160 Å². The number of aliphatic carboxylic acids is 1. The van der Waals surface area contributed by atoms with Crippen LogP contribution in [0.25, 0.3) is 0 Å². The molecule has 1 aliphatic carbocycles. The number of amides is 1. The minimum atomic E-state index is -0.749. The quantitative estimate of drug-likeness (QED) is 0.765. The van der Waals surface area contributed by atoms with Crippen molar-refractivity contribution in [2.45, 2.75) is 58.1 Å². The van der Waals surface area contributed by atoms with Gasteiger partial charge in [0.05, 0.1) is 12.0 Å². The number of benzene rings is 1. The molecule has 0 bridgehead atoms. The molecular weight excluding hydrogens is 346 g/mol. The molecule has 148 valence electrons. The maximum atomic E-state index is 12.5. The van der Waals surface area contributed by atoms with Crippen LogP contribution in [-0.2, 0) is 20.9 Å². The van der Waals surface area contributed by atoms with Crippen molar-refractivity contribution in [1.29, 1.82) is 0 Å². The molecule has 1 aliphatic heterocycles. The third-order valence-corrected chi connectivity index (χ3v) is 5.57. The number of aryl methyl sites for hydroxylation is 1. The normalized spacial score (nSPS) is 25.1. The van der Waals surface area contributed by atoms with Crippen LogP contribution < -0.4 is 10.1 Å². The van der Waals surface area contributed by atoms with E-state index in [0.29, 0.717) is 38.8 Å². The van der Waals surface area contributed by atoms with E-state index in [0.717, 1.165) is 36.3 Å². The molecule has 2 N–H and O–H groups in total. The van der Waals surface area contributed by atoms with Crippen LogP contribution in [0.2, 0.25) is 0 Å². The van der Waals surface area contributed by atoms with Crippen LogP contribution in [0.5, 0.6) is 5.75 Å². The van der Waals surface area contributed by atoms with E-state index in [1.807, 2.05) is 25.1 Å². The Morgan fingerprint density at radius 2 is 1.93 bits per heavy atom. The van der Waals surface area contributed by atoms with Gasteiger partial charge in [-0.2, -0.15) is 0 Å². The van der Waals surface area contributed by atoms with Crippen molar-refractivity contribution in [1.82, 2.24) is 5.32 Å². The summed E-state index contributed by atoms with van der Waals surface area (Å²) in [6, 6.07) is 5.99. The maximum absolute atomic E-state index is 12.5. The molecule has 1 heterocycles. The van der Waals surface area contributed by atoms with Crippen molar-refractivity contribution in [2.75, 3.05) is 13.2 Å². The van der Waals surface area contributed by atoms with Crippen LogP contribution in [-0.4, -0.2) is 36.3 Å². The van der Waals surface area contributed by atoms with Crippen molar-refractivity contribution < 1.29 is 24.2 Å². The van der Waals surface area contributed by atoms with Crippen molar-refractivity contribution in [2.24, 2.45) is 11.8 Å². The topological polar surface area (TPSA) is 84.9 Å². The van der Waals surface area contributed by atoms with Gasteiger partial charge in [0, 0.05) is 24.6 Å². The Morgan fingerprint density at radius 3 is 2.59 bits per heavy atom. The number of hydrogen-bond donors (Lipinski definition) is 2. The molecule has 27 heavy (non-hydrogen) atoms. The summed E-state index contributed by atoms with van der Waals surface area (Å²) in [5, 5.41) is 12.1. The van der Waals surface area contributed by atoms with Gasteiger partial charge in [-0.1, -0.05) is 12.1 Å². The molecule has 2 aliphatic rings. The van der Waals surface area contributed by atoms with E-state index in [1.54, 1.807) is 0 Å². The number of rotatable bonds is 7. The largest absolute Gasteiger partial charge is 0.491 e. The monoisotopic (exact) mass is 375 g/mol. The number of carboxylic acid groups (broad SMARTS) is 1. The molecule has 0 spiro atoms. The highest BCUT2D eigenvalue weighted by Gasteiger charge is 2.29. The predicted octanol–water partition coefficient (Wildman–Crippen LogP) is 3.06. The number of nitrogens with one attached hydrogen (secondary N) is 1. The summed E-state index contributed by atoms with van der Waals surface area (Å²) in [5.41, 5.74) is 2.06. The molecule has 1 atom stereocenters. The molecule has 1 unspecified atom stereocenters. The molecule has 6 nitrogen and oxygen atoms in total. The van der Waals surface area contributed by atoms with E-state index in [-0.39, 0.29) is 23.8 Å². The lowest BCUT2D eigenvalue weighted by molar-refractivity contribution is -0.144. The second kappa shape index (κ2) is 9.22. The lowest BCUT2D eigenvalue weighted by atomic mass is 9.81. The number of carbonyl (C=O) groups excluding carboxylic acids is 1. The van der Waals surface area contributed by atoms with Crippen molar-refractivity contribution in [3.8, 4) is 5.75 Å². The first-order valence-corrected chi connectivity index (χ1v) is 9.87. The fourth-order valence-corrected chi connectivity index (χ4v) is 3.83. The van der Waals surface area contributed by atoms with Crippen LogP contribution in [0.1, 0.15) is 49.7 Å². The summed E-state index contributed by atoms with van der Waals surface area (Å²) in [6.07, 6.45) is 4.68. The smallest absolute Gasteiger partial charge is 0.306 e. The molecule has 1 aromatic rings. The molecule has 0 aromatic heterocycles. The Hall–Kier alpha value is -2.08. The maximum Gasteiger partial charge on any atom is 0.306 e. The van der Waals surface area contributed by atoms with Crippen LogP contribution in [0, 0.1) is 18.8 Å². The summed E-state index contributed by atoms with van der Waals surface area (Å²) < 4.78 is 11.6. The predicted molar refractivity (Wildman–Crippen MR) is 101 cm³/mol. The first kappa shape index (κ1) is 19.7. The number of hydrogen-bond acceptors (Lipinski definition) is 4. The van der Waals surface area contributed by atoms with Crippen LogP contribution >= 0.6 is 0 Å². The van der Waals surface area contributed by atoms with Gasteiger partial charge in [-0.25, -0.2) is 0 Å². The summed E-state index contributed by atoms with van der Waals surface area (Å²) in [7, 11) is 0. The third-order valence-electron chi connectivity index (χ3n) is 5.57. The number of carboxylic acids is 1. The van der Waals surface area contributed by atoms with Crippen molar-refractivity contribution in [3.05, 3.63) is 29.3 Å². The average molecular weight is 375 g/mol. The first-order chi connectivity index (χ1) is 13.0. The SMILES string of the molecule is Cc1ccc(CNC(=O)C2CCC(C(=O)O)CC2)c(OCC2CCCO2)c1. The molecule has 1 aromatic carbocycles. The van der Waals surface area contributed by atoms with Gasteiger partial charge >= 0.3 is 5.97 Å². The standard InChI is InChI=1S/C21H29NO5/c1-14-4-5-17(19(11-14)27-13-18-3-2-10-26-18)12-22-20(23)15-6-8-16(9-7-15)21(24)25/h4-5,11,15-16,18H,2-3,6-10,12-13H2,1H3,(H,22,23)(H,24,25). The van der Waals surface area contributed by atoms with Crippen LogP contribution in [0.3, 0.4) is 0 Å². The number of ether oxygens (including phenoxy) is 2. The van der Waals surface area contributed by atoms with E-state index < -0.39 is 5.97 Å². The van der Waals surface area contributed by atoms with E-state index in [2.05, 4.69) is 5.32 Å². The molecule has 1 amide bonds. The van der Waals surface area contributed by atoms with E-state index in [9.17, 15) is 9.59 Å². The fourth-order valence-electron chi connectivity index (χ4n) is 3.83. The third kappa shape index (κ3) is 5.45. The zero-order chi connectivity index (χ0) is 19.2. The Balaban J connectivity index is 1.52. The Morgan fingerprint density at radius 1 is 1.19 bits per heavy atom. The molecular formula is C21H29NO5. The molecule has 1 saturated heterocycles. The molecule has 2 fully saturated rings. The van der Waals surface area contributed by atoms with Gasteiger partial charge < -0.3 is 19.9 Å². The average Bonchev–Trinajstić information content (AvgIpc) is 3.19. The van der Waals surface area contributed by atoms with Crippen LogP contribution in [0.15, 0.2) is 18.2 Å². The Bertz CT molecular complexity index is 661. The Kier molecular flexibility index (Phi) is 6.72. The minimum Gasteiger partial charge on any atom is -0.491 e. The lowest BCUT2D eigenvalue weighted by Crippen LogP contribution is -2.34. The molecule has 0 radical (unpaired) electrons. The summed E-state index contributed by atoms with van der Waals surface area (Å²) in [5.74, 6) is -0.349. The zero-order valence-electron chi connectivity index (χ0n) is 15.9. The zero-order valence-corrected chi connectivity index (χ0v) is 15.9. The molecule has 1 saturated carbocycles. The fraction of sp³-hybridized carbons (Fsp3) is 0.619. The van der Waals surface area contributed by atoms with Crippen LogP contribution in [0.4, 0.5) is 0 Å². The summed E-state index contributed by atoms with van der Waals surface area (Å²) >= 11 is 0. The molecule has 3 rings (SSSR count). The minimum absolute atomic E-state index is 0.00416. The van der Waals surface area contributed by atoms with Gasteiger partial charge in [0.1, 0.15) is 12.4 Å². The second-order valence-corrected chi connectivity index (χ2v) is 7.66.